The number of likely N-dealkylation sites (tertiary alicyclic amines) is 1. The van der Waals surface area contributed by atoms with E-state index in [-0.39, 0.29) is 5.82 Å². The molecule has 1 fully saturated rings. The van der Waals surface area contributed by atoms with Gasteiger partial charge in [0.1, 0.15) is 24.7 Å². The summed E-state index contributed by atoms with van der Waals surface area (Å²) in [7, 11) is 0. The Hall–Kier alpha value is -1.13. The van der Waals surface area contributed by atoms with Crippen molar-refractivity contribution in [1.29, 1.82) is 0 Å². The predicted molar refractivity (Wildman–Crippen MR) is 76.7 cm³/mol. The van der Waals surface area contributed by atoms with Crippen LogP contribution >= 0.6 is 0 Å². The van der Waals surface area contributed by atoms with Crippen LogP contribution in [0.5, 0.6) is 5.75 Å². The van der Waals surface area contributed by atoms with Crippen LogP contribution in [0.3, 0.4) is 0 Å². The van der Waals surface area contributed by atoms with Crippen LogP contribution in [-0.2, 0) is 4.74 Å². The largest absolute Gasteiger partial charge is 0.491 e. The van der Waals surface area contributed by atoms with E-state index in [1.54, 1.807) is 17.0 Å². The summed E-state index contributed by atoms with van der Waals surface area (Å²) in [5.74, 6) is 1.34. The molecular weight excluding hydrogens is 257 g/mol. The van der Waals surface area contributed by atoms with Gasteiger partial charge >= 0.3 is 0 Å². The summed E-state index contributed by atoms with van der Waals surface area (Å²) in [4.78, 5) is 1.66. The zero-order chi connectivity index (χ0) is 14.2. The SMILES string of the molecule is CC1CC[NH+](CCOCCOc2ccc(F)cc2)CC1. The topological polar surface area (TPSA) is 22.9 Å². The molecule has 2 rings (SSSR count). The second-order valence-electron chi connectivity index (χ2n) is 5.60. The lowest BCUT2D eigenvalue weighted by Crippen LogP contribution is -3.13. The standard InChI is InChI=1S/C16H24FNO2/c1-14-6-8-18(9-7-14)10-11-19-12-13-20-16-4-2-15(17)3-5-16/h2-5,14H,6-13H2,1H3/p+1. The van der Waals surface area contributed by atoms with Crippen LogP contribution in [0.1, 0.15) is 19.8 Å². The number of nitrogens with one attached hydrogen (secondary N) is 1. The maximum absolute atomic E-state index is 12.7. The van der Waals surface area contributed by atoms with Crippen LogP contribution < -0.4 is 9.64 Å². The molecule has 0 bridgehead atoms. The fraction of sp³-hybridized carbons (Fsp3) is 0.625. The van der Waals surface area contributed by atoms with E-state index in [0.717, 1.165) is 19.1 Å². The third-order valence-electron chi connectivity index (χ3n) is 3.89. The number of rotatable bonds is 7. The molecule has 0 unspecified atom stereocenters. The van der Waals surface area contributed by atoms with Crippen molar-refractivity contribution in [2.24, 2.45) is 5.92 Å². The fourth-order valence-electron chi connectivity index (χ4n) is 2.49. The average Bonchev–Trinajstić information content (AvgIpc) is 2.46. The zero-order valence-electron chi connectivity index (χ0n) is 12.2. The van der Waals surface area contributed by atoms with Gasteiger partial charge in [-0.2, -0.15) is 0 Å². The van der Waals surface area contributed by atoms with Gasteiger partial charge in [-0.25, -0.2) is 4.39 Å². The van der Waals surface area contributed by atoms with E-state index in [2.05, 4.69) is 6.92 Å². The number of benzene rings is 1. The fourth-order valence-corrected chi connectivity index (χ4v) is 2.49. The molecule has 0 saturated carbocycles. The van der Waals surface area contributed by atoms with Gasteiger partial charge in [-0.15, -0.1) is 0 Å². The lowest BCUT2D eigenvalue weighted by atomic mass is 9.99. The van der Waals surface area contributed by atoms with Crippen molar-refractivity contribution in [2.75, 3.05) is 39.5 Å². The lowest BCUT2D eigenvalue weighted by Gasteiger charge is -2.27. The molecule has 1 saturated heterocycles. The van der Waals surface area contributed by atoms with E-state index < -0.39 is 0 Å². The maximum atomic E-state index is 12.7. The molecule has 0 atom stereocenters. The number of hydrogen-bond acceptors (Lipinski definition) is 2. The van der Waals surface area contributed by atoms with E-state index in [1.807, 2.05) is 0 Å². The van der Waals surface area contributed by atoms with Gasteiger partial charge in [0.15, 0.2) is 0 Å². The van der Waals surface area contributed by atoms with Gasteiger partial charge in [0.05, 0.1) is 26.3 Å². The van der Waals surface area contributed by atoms with Gasteiger partial charge < -0.3 is 14.4 Å². The Bertz CT molecular complexity index is 375. The monoisotopic (exact) mass is 282 g/mol. The first-order chi connectivity index (χ1) is 9.74. The quantitative estimate of drug-likeness (QED) is 0.767. The molecule has 1 N–H and O–H groups in total. The molecule has 1 aromatic carbocycles. The van der Waals surface area contributed by atoms with Crippen LogP contribution in [0.15, 0.2) is 24.3 Å². The van der Waals surface area contributed by atoms with Crippen LogP contribution in [0, 0.1) is 11.7 Å². The Balaban J connectivity index is 1.48. The minimum atomic E-state index is -0.243. The van der Waals surface area contributed by atoms with Crippen molar-refractivity contribution >= 4 is 0 Å². The van der Waals surface area contributed by atoms with E-state index >= 15 is 0 Å². The number of ether oxygens (including phenoxy) is 2. The Morgan fingerprint density at radius 3 is 2.50 bits per heavy atom. The Labute approximate surface area is 120 Å². The molecule has 4 heteroatoms. The van der Waals surface area contributed by atoms with Crippen molar-refractivity contribution in [3.8, 4) is 5.75 Å². The highest BCUT2D eigenvalue weighted by Gasteiger charge is 2.17. The summed E-state index contributed by atoms with van der Waals surface area (Å²) in [6.07, 6.45) is 2.67. The van der Waals surface area contributed by atoms with E-state index in [0.29, 0.717) is 19.0 Å². The number of quaternary nitrogens is 1. The molecule has 3 nitrogen and oxygen atoms in total. The molecule has 1 aliphatic heterocycles. The summed E-state index contributed by atoms with van der Waals surface area (Å²) in [5.41, 5.74) is 0. The number of piperidine rings is 1. The average molecular weight is 282 g/mol. The Kier molecular flexibility index (Phi) is 6.27. The second kappa shape index (κ2) is 8.22. The third-order valence-corrected chi connectivity index (χ3v) is 3.89. The molecule has 1 heterocycles. The molecule has 0 amide bonds. The highest BCUT2D eigenvalue weighted by molar-refractivity contribution is 5.21. The van der Waals surface area contributed by atoms with Crippen LogP contribution in [0.2, 0.25) is 0 Å². The van der Waals surface area contributed by atoms with Crippen molar-refractivity contribution in [1.82, 2.24) is 0 Å². The highest BCUT2D eigenvalue weighted by Crippen LogP contribution is 2.10. The van der Waals surface area contributed by atoms with Crippen molar-refractivity contribution in [2.45, 2.75) is 19.8 Å². The summed E-state index contributed by atoms with van der Waals surface area (Å²) >= 11 is 0. The van der Waals surface area contributed by atoms with E-state index in [9.17, 15) is 4.39 Å². The smallest absolute Gasteiger partial charge is 0.123 e. The van der Waals surface area contributed by atoms with Gasteiger partial charge in [0.25, 0.3) is 0 Å². The lowest BCUT2D eigenvalue weighted by molar-refractivity contribution is -0.906. The predicted octanol–water partition coefficient (Wildman–Crippen LogP) is 1.54. The first-order valence-electron chi connectivity index (χ1n) is 7.54. The zero-order valence-corrected chi connectivity index (χ0v) is 12.2. The van der Waals surface area contributed by atoms with Gasteiger partial charge in [0, 0.05) is 0 Å². The van der Waals surface area contributed by atoms with Crippen molar-refractivity contribution < 1.29 is 18.8 Å². The summed E-state index contributed by atoms with van der Waals surface area (Å²) in [6, 6.07) is 6.07. The first kappa shape index (κ1) is 15.3. The molecule has 1 aromatic rings. The van der Waals surface area contributed by atoms with E-state index in [4.69, 9.17) is 9.47 Å². The molecule has 1 aliphatic rings. The molecule has 20 heavy (non-hydrogen) atoms. The third kappa shape index (κ3) is 5.47. The van der Waals surface area contributed by atoms with Crippen molar-refractivity contribution in [3.05, 3.63) is 30.1 Å². The van der Waals surface area contributed by atoms with Crippen LogP contribution in [-0.4, -0.2) is 39.5 Å². The normalized spacial score (nSPS) is 22.7. The van der Waals surface area contributed by atoms with Crippen LogP contribution in [0.25, 0.3) is 0 Å². The second-order valence-corrected chi connectivity index (χ2v) is 5.60. The first-order valence-corrected chi connectivity index (χ1v) is 7.54. The summed E-state index contributed by atoms with van der Waals surface area (Å²) in [5, 5.41) is 0. The minimum absolute atomic E-state index is 0.243. The molecule has 0 aromatic heterocycles. The highest BCUT2D eigenvalue weighted by atomic mass is 19.1. The minimum Gasteiger partial charge on any atom is -0.491 e. The Morgan fingerprint density at radius 1 is 1.10 bits per heavy atom. The molecule has 0 aliphatic carbocycles. The van der Waals surface area contributed by atoms with Gasteiger partial charge in [-0.05, 0) is 43.0 Å². The van der Waals surface area contributed by atoms with Gasteiger partial charge in [-0.3, -0.25) is 0 Å². The summed E-state index contributed by atoms with van der Waals surface area (Å²) in [6.45, 7) is 7.85. The summed E-state index contributed by atoms with van der Waals surface area (Å²) < 4.78 is 23.8. The van der Waals surface area contributed by atoms with Crippen LogP contribution in [0.4, 0.5) is 4.39 Å². The number of halogens is 1. The molecule has 0 radical (unpaired) electrons. The van der Waals surface area contributed by atoms with Gasteiger partial charge in [-0.1, -0.05) is 6.92 Å². The number of hydrogen-bond donors (Lipinski definition) is 1. The maximum Gasteiger partial charge on any atom is 0.123 e. The molecular formula is C16H25FNO2+. The molecule has 0 spiro atoms. The van der Waals surface area contributed by atoms with Gasteiger partial charge in [0.2, 0.25) is 0 Å². The van der Waals surface area contributed by atoms with E-state index in [1.165, 1.54) is 38.1 Å². The molecule has 112 valence electrons. The van der Waals surface area contributed by atoms with Crippen molar-refractivity contribution in [3.63, 3.8) is 0 Å². The Morgan fingerprint density at radius 2 is 1.80 bits per heavy atom.